The first kappa shape index (κ1) is 21.8. The topological polar surface area (TPSA) is 90.0 Å². The quantitative estimate of drug-likeness (QED) is 0.340. The minimum Gasteiger partial charge on any atom is -0.478 e. The molecule has 8 heteroatoms. The number of aromatic carboxylic acids is 1. The SMILES string of the molecule is O=C1NC(=S)N(c2ccc(C(=O)O)cc2)C(=O)/C1=C/c1ccc(N2CCCC2)c2ccccc12. The van der Waals surface area contributed by atoms with E-state index in [0.29, 0.717) is 5.69 Å². The van der Waals surface area contributed by atoms with E-state index in [1.807, 2.05) is 30.3 Å². The normalized spacial score (nSPS) is 17.5. The lowest BCUT2D eigenvalue weighted by atomic mass is 9.99. The fourth-order valence-electron chi connectivity index (χ4n) is 4.47. The Bertz CT molecular complexity index is 1370. The van der Waals surface area contributed by atoms with E-state index < -0.39 is 17.8 Å². The molecule has 2 N–H and O–H groups in total. The number of nitrogens with one attached hydrogen (secondary N) is 1. The zero-order valence-corrected chi connectivity index (χ0v) is 19.0. The van der Waals surface area contributed by atoms with Gasteiger partial charge in [-0.15, -0.1) is 0 Å². The van der Waals surface area contributed by atoms with Crippen LogP contribution in [0.1, 0.15) is 28.8 Å². The second kappa shape index (κ2) is 8.72. The van der Waals surface area contributed by atoms with Crippen LogP contribution >= 0.6 is 12.2 Å². The molecule has 2 fully saturated rings. The molecule has 0 spiro atoms. The molecule has 3 aromatic carbocycles. The number of carbonyl (C=O) groups excluding carboxylic acids is 2. The summed E-state index contributed by atoms with van der Waals surface area (Å²) in [7, 11) is 0. The maximum atomic E-state index is 13.4. The maximum Gasteiger partial charge on any atom is 0.335 e. The molecule has 7 nitrogen and oxygen atoms in total. The maximum absolute atomic E-state index is 13.4. The fraction of sp³-hybridized carbons (Fsp3) is 0.154. The summed E-state index contributed by atoms with van der Waals surface area (Å²) in [5.41, 5.74) is 2.32. The largest absolute Gasteiger partial charge is 0.478 e. The predicted molar refractivity (Wildman–Crippen MR) is 135 cm³/mol. The minimum atomic E-state index is -1.07. The molecule has 0 radical (unpaired) electrons. The average Bonchev–Trinajstić information content (AvgIpc) is 3.36. The first-order valence-electron chi connectivity index (χ1n) is 11.0. The van der Waals surface area contributed by atoms with Crippen molar-refractivity contribution in [2.24, 2.45) is 0 Å². The zero-order valence-electron chi connectivity index (χ0n) is 18.2. The predicted octanol–water partition coefficient (Wildman–Crippen LogP) is 3.97. The van der Waals surface area contributed by atoms with Gasteiger partial charge in [0.25, 0.3) is 11.8 Å². The molecule has 2 aliphatic rings. The lowest BCUT2D eigenvalue weighted by Crippen LogP contribution is -2.54. The van der Waals surface area contributed by atoms with Gasteiger partial charge in [0.1, 0.15) is 5.57 Å². The Kier molecular flexibility index (Phi) is 5.59. The van der Waals surface area contributed by atoms with Crippen molar-refractivity contribution in [2.45, 2.75) is 12.8 Å². The van der Waals surface area contributed by atoms with Crippen molar-refractivity contribution < 1.29 is 19.5 Å². The third kappa shape index (κ3) is 3.82. The third-order valence-corrected chi connectivity index (χ3v) is 6.44. The number of hydrogen-bond acceptors (Lipinski definition) is 5. The van der Waals surface area contributed by atoms with Crippen LogP contribution in [-0.2, 0) is 9.59 Å². The molecular formula is C26H21N3O4S. The summed E-state index contributed by atoms with van der Waals surface area (Å²) in [5, 5.41) is 13.7. The van der Waals surface area contributed by atoms with E-state index in [1.165, 1.54) is 29.2 Å². The van der Waals surface area contributed by atoms with Crippen LogP contribution in [0, 0.1) is 0 Å². The van der Waals surface area contributed by atoms with Gasteiger partial charge in [-0.3, -0.25) is 19.8 Å². The van der Waals surface area contributed by atoms with Gasteiger partial charge >= 0.3 is 5.97 Å². The summed E-state index contributed by atoms with van der Waals surface area (Å²) >= 11 is 5.24. The molecule has 2 amide bonds. The van der Waals surface area contributed by atoms with Gasteiger partial charge in [0.2, 0.25) is 0 Å². The second-order valence-corrected chi connectivity index (χ2v) is 8.61. The Morgan fingerprint density at radius 1 is 0.941 bits per heavy atom. The van der Waals surface area contributed by atoms with E-state index in [2.05, 4.69) is 16.3 Å². The number of carboxylic acids is 1. The van der Waals surface area contributed by atoms with Crippen LogP contribution in [0.3, 0.4) is 0 Å². The number of hydrogen-bond donors (Lipinski definition) is 2. The summed E-state index contributed by atoms with van der Waals surface area (Å²) in [6, 6.07) is 17.7. The van der Waals surface area contributed by atoms with Gasteiger partial charge in [-0.2, -0.15) is 0 Å². The number of rotatable bonds is 4. The van der Waals surface area contributed by atoms with Crippen LogP contribution < -0.4 is 15.1 Å². The molecular weight excluding hydrogens is 450 g/mol. The van der Waals surface area contributed by atoms with E-state index in [-0.39, 0.29) is 16.2 Å². The number of thiocarbonyl (C=S) groups is 1. The molecule has 0 atom stereocenters. The number of fused-ring (bicyclic) bond motifs is 1. The summed E-state index contributed by atoms with van der Waals surface area (Å²) in [4.78, 5) is 40.8. The van der Waals surface area contributed by atoms with Crippen molar-refractivity contribution in [3.63, 3.8) is 0 Å². The molecule has 3 aromatic rings. The van der Waals surface area contributed by atoms with Gasteiger partial charge in [0.15, 0.2) is 5.11 Å². The fourth-order valence-corrected chi connectivity index (χ4v) is 4.75. The Morgan fingerprint density at radius 3 is 2.29 bits per heavy atom. The Labute approximate surface area is 201 Å². The highest BCUT2D eigenvalue weighted by Gasteiger charge is 2.34. The van der Waals surface area contributed by atoms with Crippen LogP contribution in [0.25, 0.3) is 16.8 Å². The Balaban J connectivity index is 1.55. The van der Waals surface area contributed by atoms with E-state index >= 15 is 0 Å². The van der Waals surface area contributed by atoms with Crippen molar-refractivity contribution in [2.75, 3.05) is 22.9 Å². The average molecular weight is 472 g/mol. The summed E-state index contributed by atoms with van der Waals surface area (Å²) in [6.07, 6.45) is 3.92. The van der Waals surface area contributed by atoms with Gasteiger partial charge in [-0.1, -0.05) is 30.3 Å². The lowest BCUT2D eigenvalue weighted by molar-refractivity contribution is -0.122. The van der Waals surface area contributed by atoms with Crippen molar-refractivity contribution in [1.29, 1.82) is 0 Å². The van der Waals surface area contributed by atoms with Crippen LogP contribution in [-0.4, -0.2) is 41.1 Å². The minimum absolute atomic E-state index is 0.0463. The van der Waals surface area contributed by atoms with Gasteiger partial charge in [-0.25, -0.2) is 4.79 Å². The number of benzene rings is 3. The van der Waals surface area contributed by atoms with Gasteiger partial charge in [0.05, 0.1) is 11.3 Å². The number of amides is 2. The standard InChI is InChI=1S/C26H21N3O4S/c30-23-21(24(31)29(26(34)27-23)18-10-7-16(8-11-18)25(32)33)15-17-9-12-22(28-13-3-4-14-28)20-6-2-1-5-19(17)20/h1-2,5-12,15H,3-4,13-14H2,(H,32,33)(H,27,30,34)/b21-15+. The molecule has 0 bridgehead atoms. The number of anilines is 2. The molecule has 34 heavy (non-hydrogen) atoms. The van der Waals surface area contributed by atoms with Gasteiger partial charge < -0.3 is 10.0 Å². The molecule has 5 rings (SSSR count). The summed E-state index contributed by atoms with van der Waals surface area (Å²) in [5.74, 6) is -2.21. The van der Waals surface area contributed by atoms with E-state index in [9.17, 15) is 14.4 Å². The smallest absolute Gasteiger partial charge is 0.335 e. The van der Waals surface area contributed by atoms with E-state index in [1.54, 1.807) is 6.08 Å². The number of nitrogens with zero attached hydrogens (tertiary/aromatic N) is 2. The highest BCUT2D eigenvalue weighted by atomic mass is 32.1. The van der Waals surface area contributed by atoms with Crippen LogP contribution in [0.15, 0.2) is 66.2 Å². The molecule has 170 valence electrons. The van der Waals surface area contributed by atoms with Crippen LogP contribution in [0.5, 0.6) is 0 Å². The second-order valence-electron chi connectivity index (χ2n) is 8.22. The van der Waals surface area contributed by atoms with Crippen LogP contribution in [0.4, 0.5) is 11.4 Å². The Morgan fingerprint density at radius 2 is 1.62 bits per heavy atom. The highest BCUT2D eigenvalue weighted by Crippen LogP contribution is 2.33. The van der Waals surface area contributed by atoms with Crippen LogP contribution in [0.2, 0.25) is 0 Å². The molecule has 0 aliphatic carbocycles. The monoisotopic (exact) mass is 471 g/mol. The van der Waals surface area contributed by atoms with E-state index in [0.717, 1.165) is 48.0 Å². The van der Waals surface area contributed by atoms with Crippen molar-refractivity contribution >= 4 is 63.3 Å². The molecule has 2 aliphatic heterocycles. The van der Waals surface area contributed by atoms with Crippen molar-refractivity contribution in [1.82, 2.24) is 5.32 Å². The molecule has 0 aromatic heterocycles. The Hall–Kier alpha value is -4.04. The molecule has 0 unspecified atom stereocenters. The summed E-state index contributed by atoms with van der Waals surface area (Å²) in [6.45, 7) is 2.02. The zero-order chi connectivity index (χ0) is 23.8. The van der Waals surface area contributed by atoms with E-state index in [4.69, 9.17) is 17.3 Å². The first-order valence-corrected chi connectivity index (χ1v) is 11.4. The van der Waals surface area contributed by atoms with Crippen molar-refractivity contribution in [3.8, 4) is 0 Å². The van der Waals surface area contributed by atoms with Gasteiger partial charge in [0, 0.05) is 24.2 Å². The molecule has 2 heterocycles. The summed E-state index contributed by atoms with van der Waals surface area (Å²) < 4.78 is 0. The van der Waals surface area contributed by atoms with Gasteiger partial charge in [-0.05, 0) is 72.4 Å². The number of carboxylic acid groups (broad SMARTS) is 1. The highest BCUT2D eigenvalue weighted by molar-refractivity contribution is 7.80. The first-order chi connectivity index (χ1) is 16.4. The third-order valence-electron chi connectivity index (χ3n) is 6.16. The number of carbonyl (C=O) groups is 3. The molecule has 2 saturated heterocycles. The molecule has 0 saturated carbocycles. The van der Waals surface area contributed by atoms with Crippen molar-refractivity contribution in [3.05, 3.63) is 77.4 Å². The lowest BCUT2D eigenvalue weighted by Gasteiger charge is -2.29.